The van der Waals surface area contributed by atoms with Gasteiger partial charge in [-0.2, -0.15) is 0 Å². The van der Waals surface area contributed by atoms with E-state index < -0.39 is 0 Å². The van der Waals surface area contributed by atoms with Crippen molar-refractivity contribution >= 4 is 11.6 Å². The van der Waals surface area contributed by atoms with E-state index >= 15 is 0 Å². The van der Waals surface area contributed by atoms with Crippen LogP contribution < -0.4 is 5.32 Å². The van der Waals surface area contributed by atoms with Gasteiger partial charge in [0.25, 0.3) is 0 Å². The molecule has 0 radical (unpaired) electrons. The zero-order valence-electron chi connectivity index (χ0n) is 7.05. The Morgan fingerprint density at radius 2 is 2.33 bits per heavy atom. The van der Waals surface area contributed by atoms with Crippen LogP contribution in [0.15, 0.2) is 36.9 Å². The minimum absolute atomic E-state index is 0.184. The number of hydrogen-bond acceptors (Lipinski definition) is 1. The fourth-order valence-corrected chi connectivity index (χ4v) is 1.32. The molecular weight excluding hydrogens is 170 g/mol. The summed E-state index contributed by atoms with van der Waals surface area (Å²) in [5.74, 6) is 0. The van der Waals surface area contributed by atoms with Gasteiger partial charge in [0, 0.05) is 5.02 Å². The van der Waals surface area contributed by atoms with Crippen LogP contribution in [0.3, 0.4) is 0 Å². The largest absolute Gasteiger partial charge is 0.310 e. The van der Waals surface area contributed by atoms with Gasteiger partial charge in [-0.15, -0.1) is 6.58 Å². The standard InChI is InChI=1S/C10H12ClN/c1-3-10(12-2)8-5-4-6-9(11)7-8/h3-7,10,12H,1H2,2H3. The third-order valence-electron chi connectivity index (χ3n) is 1.75. The van der Waals surface area contributed by atoms with E-state index in [1.54, 1.807) is 0 Å². The van der Waals surface area contributed by atoms with Crippen molar-refractivity contribution in [2.75, 3.05) is 7.05 Å². The number of nitrogens with one attached hydrogen (secondary N) is 1. The molecule has 1 aromatic rings. The van der Waals surface area contributed by atoms with Crippen molar-refractivity contribution < 1.29 is 0 Å². The number of hydrogen-bond donors (Lipinski definition) is 1. The monoisotopic (exact) mass is 181 g/mol. The highest BCUT2D eigenvalue weighted by Gasteiger charge is 2.03. The highest BCUT2D eigenvalue weighted by molar-refractivity contribution is 6.30. The Labute approximate surface area is 78.1 Å². The summed E-state index contributed by atoms with van der Waals surface area (Å²) in [6.45, 7) is 3.73. The van der Waals surface area contributed by atoms with Crippen molar-refractivity contribution in [1.29, 1.82) is 0 Å². The fourth-order valence-electron chi connectivity index (χ4n) is 1.12. The molecule has 1 atom stereocenters. The summed E-state index contributed by atoms with van der Waals surface area (Å²) < 4.78 is 0. The first-order valence-electron chi connectivity index (χ1n) is 3.83. The Hall–Kier alpha value is -0.790. The Kier molecular flexibility index (Phi) is 3.32. The van der Waals surface area contributed by atoms with Gasteiger partial charge in [-0.3, -0.25) is 0 Å². The maximum Gasteiger partial charge on any atom is 0.0501 e. The van der Waals surface area contributed by atoms with Gasteiger partial charge in [-0.05, 0) is 24.7 Å². The van der Waals surface area contributed by atoms with Gasteiger partial charge in [-0.25, -0.2) is 0 Å². The maximum absolute atomic E-state index is 5.84. The molecular formula is C10H12ClN. The molecule has 2 heteroatoms. The number of likely N-dealkylation sites (N-methyl/N-ethyl adjacent to an activating group) is 1. The molecule has 0 aromatic heterocycles. The number of benzene rings is 1. The second-order valence-corrected chi connectivity index (χ2v) is 2.99. The van der Waals surface area contributed by atoms with Gasteiger partial charge in [0.05, 0.1) is 6.04 Å². The smallest absolute Gasteiger partial charge is 0.0501 e. The van der Waals surface area contributed by atoms with E-state index in [9.17, 15) is 0 Å². The van der Waals surface area contributed by atoms with E-state index in [4.69, 9.17) is 11.6 Å². The molecule has 0 saturated heterocycles. The molecule has 0 heterocycles. The molecule has 0 amide bonds. The topological polar surface area (TPSA) is 12.0 Å². The Morgan fingerprint density at radius 3 is 2.83 bits per heavy atom. The molecule has 0 aliphatic heterocycles. The molecule has 0 bridgehead atoms. The lowest BCUT2D eigenvalue weighted by Crippen LogP contribution is -2.13. The average Bonchev–Trinajstić information content (AvgIpc) is 2.07. The predicted octanol–water partition coefficient (Wildman–Crippen LogP) is 2.79. The quantitative estimate of drug-likeness (QED) is 0.708. The van der Waals surface area contributed by atoms with Crippen molar-refractivity contribution in [3.05, 3.63) is 47.5 Å². The first-order valence-corrected chi connectivity index (χ1v) is 4.21. The molecule has 1 unspecified atom stereocenters. The maximum atomic E-state index is 5.84. The predicted molar refractivity (Wildman–Crippen MR) is 53.4 cm³/mol. The van der Waals surface area contributed by atoms with Gasteiger partial charge >= 0.3 is 0 Å². The van der Waals surface area contributed by atoms with Crippen molar-refractivity contribution in [1.82, 2.24) is 5.32 Å². The normalized spacial score (nSPS) is 12.5. The zero-order chi connectivity index (χ0) is 8.97. The highest BCUT2D eigenvalue weighted by atomic mass is 35.5. The van der Waals surface area contributed by atoms with E-state index in [0.29, 0.717) is 0 Å². The van der Waals surface area contributed by atoms with Gasteiger partial charge < -0.3 is 5.32 Å². The lowest BCUT2D eigenvalue weighted by Gasteiger charge is -2.11. The second-order valence-electron chi connectivity index (χ2n) is 2.56. The summed E-state index contributed by atoms with van der Waals surface area (Å²) in [6, 6.07) is 7.94. The third kappa shape index (κ3) is 2.10. The molecule has 1 aromatic carbocycles. The fraction of sp³-hybridized carbons (Fsp3) is 0.200. The molecule has 1 nitrogen and oxygen atoms in total. The minimum atomic E-state index is 0.184. The van der Waals surface area contributed by atoms with E-state index in [1.807, 2.05) is 37.4 Å². The van der Waals surface area contributed by atoms with Crippen molar-refractivity contribution in [3.63, 3.8) is 0 Å². The summed E-state index contributed by atoms with van der Waals surface area (Å²) in [5.41, 5.74) is 1.14. The molecule has 1 rings (SSSR count). The summed E-state index contributed by atoms with van der Waals surface area (Å²) in [7, 11) is 1.90. The first kappa shape index (κ1) is 9.30. The lowest BCUT2D eigenvalue weighted by atomic mass is 10.1. The Morgan fingerprint density at radius 1 is 1.58 bits per heavy atom. The first-order chi connectivity index (χ1) is 5.77. The minimum Gasteiger partial charge on any atom is -0.310 e. The average molecular weight is 182 g/mol. The molecule has 0 saturated carbocycles. The van der Waals surface area contributed by atoms with Crippen LogP contribution >= 0.6 is 11.6 Å². The third-order valence-corrected chi connectivity index (χ3v) is 1.99. The van der Waals surface area contributed by atoms with E-state index in [0.717, 1.165) is 10.6 Å². The molecule has 0 aliphatic rings. The van der Waals surface area contributed by atoms with Gasteiger partial charge in [0.2, 0.25) is 0 Å². The van der Waals surface area contributed by atoms with Crippen LogP contribution in [0.25, 0.3) is 0 Å². The van der Waals surface area contributed by atoms with E-state index in [-0.39, 0.29) is 6.04 Å². The van der Waals surface area contributed by atoms with E-state index in [1.165, 1.54) is 0 Å². The van der Waals surface area contributed by atoms with Crippen LogP contribution in [0.5, 0.6) is 0 Å². The SMILES string of the molecule is C=CC(NC)c1cccc(Cl)c1. The van der Waals surface area contributed by atoms with Crippen molar-refractivity contribution in [2.24, 2.45) is 0 Å². The van der Waals surface area contributed by atoms with Crippen LogP contribution in [0.1, 0.15) is 11.6 Å². The van der Waals surface area contributed by atoms with Crippen LogP contribution in [0, 0.1) is 0 Å². The molecule has 64 valence electrons. The molecule has 12 heavy (non-hydrogen) atoms. The Bertz CT molecular complexity index is 270. The van der Waals surface area contributed by atoms with Crippen molar-refractivity contribution in [2.45, 2.75) is 6.04 Å². The lowest BCUT2D eigenvalue weighted by molar-refractivity contribution is 0.716. The van der Waals surface area contributed by atoms with E-state index in [2.05, 4.69) is 11.9 Å². The van der Waals surface area contributed by atoms with Gasteiger partial charge in [0.15, 0.2) is 0 Å². The van der Waals surface area contributed by atoms with Crippen LogP contribution in [0.2, 0.25) is 5.02 Å². The molecule has 1 N–H and O–H groups in total. The van der Waals surface area contributed by atoms with Gasteiger partial charge in [-0.1, -0.05) is 29.8 Å². The molecule has 0 spiro atoms. The summed E-state index contributed by atoms with van der Waals surface area (Å²) in [5, 5.41) is 3.88. The number of halogens is 1. The van der Waals surface area contributed by atoms with Crippen LogP contribution in [0.4, 0.5) is 0 Å². The van der Waals surface area contributed by atoms with Crippen LogP contribution in [-0.4, -0.2) is 7.05 Å². The zero-order valence-corrected chi connectivity index (χ0v) is 7.81. The number of rotatable bonds is 3. The highest BCUT2D eigenvalue weighted by Crippen LogP contribution is 2.17. The Balaban J connectivity index is 2.93. The molecule has 0 aliphatic carbocycles. The summed E-state index contributed by atoms with van der Waals surface area (Å²) >= 11 is 5.84. The summed E-state index contributed by atoms with van der Waals surface area (Å²) in [6.07, 6.45) is 1.85. The van der Waals surface area contributed by atoms with Gasteiger partial charge in [0.1, 0.15) is 0 Å². The summed E-state index contributed by atoms with van der Waals surface area (Å²) in [4.78, 5) is 0. The van der Waals surface area contributed by atoms with Crippen molar-refractivity contribution in [3.8, 4) is 0 Å². The molecule has 0 fully saturated rings. The van der Waals surface area contributed by atoms with Crippen LogP contribution in [-0.2, 0) is 0 Å². The second kappa shape index (κ2) is 4.29.